The summed E-state index contributed by atoms with van der Waals surface area (Å²) in [5, 5.41) is 0. The van der Waals surface area contributed by atoms with Crippen molar-refractivity contribution in [3.63, 3.8) is 0 Å². The molecular weight excluding hydrogens is 234 g/mol. The molecule has 19 heavy (non-hydrogen) atoms. The van der Waals surface area contributed by atoms with Gasteiger partial charge in [0.1, 0.15) is 6.10 Å². The Bertz CT molecular complexity index is 390. The van der Waals surface area contributed by atoms with Crippen LogP contribution in [0, 0.1) is 0 Å². The van der Waals surface area contributed by atoms with Gasteiger partial charge in [-0.05, 0) is 57.9 Å². The molecule has 1 atom stereocenters. The first kappa shape index (κ1) is 15.6. The molecule has 0 saturated heterocycles. The topological polar surface area (TPSA) is 12.5 Å². The van der Waals surface area contributed by atoms with Gasteiger partial charge in [0.15, 0.2) is 0 Å². The highest BCUT2D eigenvalue weighted by Crippen LogP contribution is 2.26. The SMILES string of the molecule is CC=C(C)OC(CC)c1ccc(N(CC)CC)cc1. The largest absolute Gasteiger partial charge is 0.491 e. The van der Waals surface area contributed by atoms with E-state index in [0.717, 1.165) is 25.3 Å². The second kappa shape index (κ2) is 7.88. The lowest BCUT2D eigenvalue weighted by molar-refractivity contribution is 0.114. The Hall–Kier alpha value is -1.44. The average Bonchev–Trinajstić information content (AvgIpc) is 2.46. The standard InChI is InChI=1S/C17H27NO/c1-6-14(5)19-17(7-2)15-10-12-16(13-11-15)18(8-3)9-4/h6,10-13,17H,7-9H2,1-5H3. The fraction of sp³-hybridized carbons (Fsp3) is 0.529. The molecule has 0 saturated carbocycles. The van der Waals surface area contributed by atoms with Crippen LogP contribution in [0.4, 0.5) is 5.69 Å². The molecule has 0 N–H and O–H groups in total. The van der Waals surface area contributed by atoms with Crippen molar-refractivity contribution in [2.24, 2.45) is 0 Å². The van der Waals surface area contributed by atoms with Gasteiger partial charge < -0.3 is 9.64 Å². The van der Waals surface area contributed by atoms with Gasteiger partial charge in [-0.2, -0.15) is 0 Å². The minimum Gasteiger partial charge on any atom is -0.491 e. The Kier molecular flexibility index (Phi) is 6.48. The van der Waals surface area contributed by atoms with E-state index in [1.54, 1.807) is 0 Å². The summed E-state index contributed by atoms with van der Waals surface area (Å²) in [6, 6.07) is 8.76. The second-order valence-corrected chi connectivity index (χ2v) is 4.68. The third kappa shape index (κ3) is 4.30. The predicted octanol–water partition coefficient (Wildman–Crippen LogP) is 4.92. The van der Waals surface area contributed by atoms with Crippen LogP contribution in [-0.2, 0) is 4.74 Å². The van der Waals surface area contributed by atoms with E-state index in [4.69, 9.17) is 4.74 Å². The fourth-order valence-electron chi connectivity index (χ4n) is 2.17. The number of hydrogen-bond acceptors (Lipinski definition) is 2. The van der Waals surface area contributed by atoms with Gasteiger partial charge in [-0.3, -0.25) is 0 Å². The van der Waals surface area contributed by atoms with Crippen LogP contribution < -0.4 is 4.90 Å². The van der Waals surface area contributed by atoms with Gasteiger partial charge in [0.25, 0.3) is 0 Å². The van der Waals surface area contributed by atoms with E-state index in [0.29, 0.717) is 0 Å². The second-order valence-electron chi connectivity index (χ2n) is 4.68. The smallest absolute Gasteiger partial charge is 0.123 e. The molecule has 2 heteroatoms. The summed E-state index contributed by atoms with van der Waals surface area (Å²) in [5.74, 6) is 0.986. The molecule has 2 nitrogen and oxygen atoms in total. The third-order valence-electron chi connectivity index (χ3n) is 3.50. The van der Waals surface area contributed by atoms with Gasteiger partial charge in [0.2, 0.25) is 0 Å². The molecule has 106 valence electrons. The minimum atomic E-state index is 0.155. The summed E-state index contributed by atoms with van der Waals surface area (Å²) >= 11 is 0. The van der Waals surface area contributed by atoms with E-state index in [9.17, 15) is 0 Å². The van der Waals surface area contributed by atoms with Crippen molar-refractivity contribution in [3.8, 4) is 0 Å². The summed E-state index contributed by atoms with van der Waals surface area (Å²) in [5.41, 5.74) is 2.53. The zero-order valence-electron chi connectivity index (χ0n) is 12.9. The third-order valence-corrected chi connectivity index (χ3v) is 3.50. The van der Waals surface area contributed by atoms with Gasteiger partial charge >= 0.3 is 0 Å². The number of anilines is 1. The number of ether oxygens (including phenoxy) is 1. The molecule has 0 aromatic heterocycles. The predicted molar refractivity (Wildman–Crippen MR) is 83.6 cm³/mol. The lowest BCUT2D eigenvalue weighted by Crippen LogP contribution is -2.21. The first-order chi connectivity index (χ1) is 9.15. The van der Waals surface area contributed by atoms with Crippen LogP contribution in [0.5, 0.6) is 0 Å². The Morgan fingerprint density at radius 2 is 1.74 bits per heavy atom. The van der Waals surface area contributed by atoms with E-state index in [-0.39, 0.29) is 6.10 Å². The molecule has 0 fully saturated rings. The summed E-state index contributed by atoms with van der Waals surface area (Å²) in [6.45, 7) is 12.6. The first-order valence-corrected chi connectivity index (χ1v) is 7.30. The number of allylic oxidation sites excluding steroid dienone is 2. The van der Waals surface area contributed by atoms with Gasteiger partial charge in [-0.1, -0.05) is 19.1 Å². The lowest BCUT2D eigenvalue weighted by atomic mass is 10.1. The molecule has 1 aromatic rings. The maximum atomic E-state index is 5.94. The highest BCUT2D eigenvalue weighted by molar-refractivity contribution is 5.47. The number of hydrogen-bond donors (Lipinski definition) is 0. The van der Waals surface area contributed by atoms with Crippen molar-refractivity contribution in [1.29, 1.82) is 0 Å². The Balaban J connectivity index is 2.84. The molecule has 0 aliphatic heterocycles. The Morgan fingerprint density at radius 1 is 1.16 bits per heavy atom. The molecular formula is C17H27NO. The zero-order valence-corrected chi connectivity index (χ0v) is 12.9. The molecule has 0 amide bonds. The molecule has 0 aliphatic carbocycles. The van der Waals surface area contributed by atoms with Crippen LogP contribution in [0.1, 0.15) is 52.7 Å². The van der Waals surface area contributed by atoms with Gasteiger partial charge in [-0.15, -0.1) is 0 Å². The lowest BCUT2D eigenvalue weighted by Gasteiger charge is -2.23. The maximum Gasteiger partial charge on any atom is 0.123 e. The summed E-state index contributed by atoms with van der Waals surface area (Å²) in [7, 11) is 0. The highest BCUT2D eigenvalue weighted by atomic mass is 16.5. The van der Waals surface area contributed by atoms with Crippen LogP contribution in [0.25, 0.3) is 0 Å². The Labute approximate surface area is 118 Å². The van der Waals surface area contributed by atoms with Crippen molar-refractivity contribution >= 4 is 5.69 Å². The van der Waals surface area contributed by atoms with Crippen molar-refractivity contribution in [1.82, 2.24) is 0 Å². The number of benzene rings is 1. The van der Waals surface area contributed by atoms with Crippen molar-refractivity contribution in [3.05, 3.63) is 41.7 Å². The summed E-state index contributed by atoms with van der Waals surface area (Å²) in [6.07, 6.45) is 3.14. The van der Waals surface area contributed by atoms with E-state index in [2.05, 4.69) is 49.9 Å². The van der Waals surface area contributed by atoms with Crippen LogP contribution in [-0.4, -0.2) is 13.1 Å². The van der Waals surface area contributed by atoms with Crippen LogP contribution in [0.2, 0.25) is 0 Å². The monoisotopic (exact) mass is 261 g/mol. The number of rotatable bonds is 7. The van der Waals surface area contributed by atoms with E-state index < -0.39 is 0 Å². The molecule has 1 aromatic carbocycles. The van der Waals surface area contributed by atoms with Crippen LogP contribution in [0.15, 0.2) is 36.1 Å². The minimum absolute atomic E-state index is 0.155. The van der Waals surface area contributed by atoms with E-state index in [1.807, 2.05) is 19.9 Å². The fourth-order valence-corrected chi connectivity index (χ4v) is 2.17. The van der Waals surface area contributed by atoms with Gasteiger partial charge in [0, 0.05) is 18.8 Å². The molecule has 1 unspecified atom stereocenters. The average molecular weight is 261 g/mol. The van der Waals surface area contributed by atoms with Crippen molar-refractivity contribution in [2.75, 3.05) is 18.0 Å². The van der Waals surface area contributed by atoms with Gasteiger partial charge in [-0.25, -0.2) is 0 Å². The molecule has 0 radical (unpaired) electrons. The van der Waals surface area contributed by atoms with Gasteiger partial charge in [0.05, 0.1) is 5.76 Å². The summed E-state index contributed by atoms with van der Waals surface area (Å²) in [4.78, 5) is 2.35. The Morgan fingerprint density at radius 3 is 2.16 bits per heavy atom. The molecule has 1 rings (SSSR count). The molecule has 0 aliphatic rings. The molecule has 0 heterocycles. The highest BCUT2D eigenvalue weighted by Gasteiger charge is 2.11. The molecule has 0 bridgehead atoms. The van der Waals surface area contributed by atoms with Crippen LogP contribution in [0.3, 0.4) is 0 Å². The number of nitrogens with zero attached hydrogens (tertiary/aromatic N) is 1. The first-order valence-electron chi connectivity index (χ1n) is 7.30. The molecule has 0 spiro atoms. The van der Waals surface area contributed by atoms with Crippen molar-refractivity contribution < 1.29 is 4.74 Å². The summed E-state index contributed by atoms with van der Waals surface area (Å²) < 4.78 is 5.94. The van der Waals surface area contributed by atoms with E-state index in [1.165, 1.54) is 11.3 Å². The van der Waals surface area contributed by atoms with Crippen molar-refractivity contribution in [2.45, 2.75) is 47.1 Å². The van der Waals surface area contributed by atoms with Crippen LogP contribution >= 0.6 is 0 Å². The quantitative estimate of drug-likeness (QED) is 0.646. The normalized spacial score (nSPS) is 13.2. The zero-order chi connectivity index (χ0) is 14.3. The van der Waals surface area contributed by atoms with E-state index >= 15 is 0 Å². The maximum absolute atomic E-state index is 5.94.